The van der Waals surface area contributed by atoms with Gasteiger partial charge in [-0.25, -0.2) is 4.98 Å². The number of hydrogen-bond acceptors (Lipinski definition) is 5. The molecular formula is C13H16N4O2. The molecule has 0 radical (unpaired) electrons. The lowest BCUT2D eigenvalue weighted by atomic mass is 10.3. The molecule has 2 N–H and O–H groups in total. The smallest absolute Gasteiger partial charge is 0.269 e. The van der Waals surface area contributed by atoms with Gasteiger partial charge in [0.2, 0.25) is 5.89 Å². The molecule has 0 unspecified atom stereocenters. The van der Waals surface area contributed by atoms with Crippen molar-refractivity contribution in [3.05, 3.63) is 41.9 Å². The number of nitrogens with zero attached hydrogens (tertiary/aromatic N) is 2. The Hall–Kier alpha value is -2.37. The molecule has 2 heterocycles. The van der Waals surface area contributed by atoms with Gasteiger partial charge in [0, 0.05) is 25.4 Å². The zero-order chi connectivity index (χ0) is 13.7. The summed E-state index contributed by atoms with van der Waals surface area (Å²) in [6, 6.07) is 3.47. The molecule has 0 atom stereocenters. The summed E-state index contributed by atoms with van der Waals surface area (Å²) in [5, 5.41) is 5.67. The highest BCUT2D eigenvalue weighted by molar-refractivity contribution is 5.92. The fraction of sp³-hybridized carbons (Fsp3) is 0.308. The van der Waals surface area contributed by atoms with Gasteiger partial charge in [-0.05, 0) is 12.1 Å². The number of carbonyl (C=O) groups is 1. The van der Waals surface area contributed by atoms with Gasteiger partial charge in [0.05, 0.1) is 12.7 Å². The molecule has 0 fully saturated rings. The highest BCUT2D eigenvalue weighted by Crippen LogP contribution is 2.11. The third-order valence-corrected chi connectivity index (χ3v) is 2.61. The van der Waals surface area contributed by atoms with Crippen LogP contribution in [0.25, 0.3) is 0 Å². The second kappa shape index (κ2) is 5.99. The topological polar surface area (TPSA) is 80.0 Å². The van der Waals surface area contributed by atoms with Crippen LogP contribution in [0.15, 0.2) is 28.9 Å². The average Bonchev–Trinajstić information content (AvgIpc) is 2.92. The molecule has 0 aliphatic rings. The second-order valence-corrected chi connectivity index (χ2v) is 3.94. The number of nitrogens with one attached hydrogen (secondary N) is 2. The maximum atomic E-state index is 11.4. The van der Waals surface area contributed by atoms with Crippen LogP contribution in [0.1, 0.15) is 29.1 Å². The monoisotopic (exact) mass is 260 g/mol. The van der Waals surface area contributed by atoms with Crippen molar-refractivity contribution >= 4 is 11.6 Å². The molecule has 0 bridgehead atoms. The summed E-state index contributed by atoms with van der Waals surface area (Å²) in [5.41, 5.74) is 1.17. The van der Waals surface area contributed by atoms with Crippen molar-refractivity contribution in [1.29, 1.82) is 0 Å². The van der Waals surface area contributed by atoms with Gasteiger partial charge < -0.3 is 15.1 Å². The first kappa shape index (κ1) is 13.1. The van der Waals surface area contributed by atoms with E-state index in [2.05, 4.69) is 20.6 Å². The Bertz CT molecular complexity index is 565. The maximum Gasteiger partial charge on any atom is 0.269 e. The zero-order valence-electron chi connectivity index (χ0n) is 10.9. The molecule has 0 aromatic carbocycles. The van der Waals surface area contributed by atoms with Crippen molar-refractivity contribution in [3.8, 4) is 0 Å². The van der Waals surface area contributed by atoms with E-state index in [0.717, 1.165) is 17.9 Å². The first-order valence-corrected chi connectivity index (χ1v) is 6.08. The maximum absolute atomic E-state index is 11.4. The van der Waals surface area contributed by atoms with Gasteiger partial charge in [0.15, 0.2) is 0 Å². The van der Waals surface area contributed by atoms with Crippen LogP contribution >= 0.6 is 0 Å². The van der Waals surface area contributed by atoms with Gasteiger partial charge in [-0.15, -0.1) is 0 Å². The molecule has 1 amide bonds. The van der Waals surface area contributed by atoms with Crippen molar-refractivity contribution in [3.63, 3.8) is 0 Å². The Labute approximate surface area is 111 Å². The van der Waals surface area contributed by atoms with Gasteiger partial charge in [-0.3, -0.25) is 9.78 Å². The summed E-state index contributed by atoms with van der Waals surface area (Å²) in [6.07, 6.45) is 4.13. The Kier molecular flexibility index (Phi) is 4.12. The molecular weight excluding hydrogens is 244 g/mol. The summed E-state index contributed by atoms with van der Waals surface area (Å²) in [6.45, 7) is 2.48. The van der Waals surface area contributed by atoms with E-state index in [4.69, 9.17) is 4.42 Å². The van der Waals surface area contributed by atoms with E-state index in [-0.39, 0.29) is 5.91 Å². The quantitative estimate of drug-likeness (QED) is 0.853. The van der Waals surface area contributed by atoms with Crippen LogP contribution in [0.4, 0.5) is 5.69 Å². The number of amides is 1. The molecule has 6 heteroatoms. The van der Waals surface area contributed by atoms with Crippen LogP contribution in [-0.2, 0) is 13.0 Å². The van der Waals surface area contributed by atoms with E-state index in [9.17, 15) is 4.79 Å². The standard InChI is InChI=1S/C13H16N4O2/c1-3-10-7-17-12(19-10)8-16-9-4-5-15-11(6-9)13(18)14-2/h4-7H,3,8H2,1-2H3,(H,14,18)(H,15,16). The number of anilines is 1. The highest BCUT2D eigenvalue weighted by atomic mass is 16.4. The van der Waals surface area contributed by atoms with Gasteiger partial charge in [0.1, 0.15) is 11.5 Å². The minimum absolute atomic E-state index is 0.215. The van der Waals surface area contributed by atoms with Crippen molar-refractivity contribution in [2.24, 2.45) is 0 Å². The molecule has 6 nitrogen and oxygen atoms in total. The average molecular weight is 260 g/mol. The van der Waals surface area contributed by atoms with Gasteiger partial charge in [-0.1, -0.05) is 6.92 Å². The number of aromatic nitrogens is 2. The molecule has 2 aromatic rings. The fourth-order valence-electron chi connectivity index (χ4n) is 1.56. The predicted octanol–water partition coefficient (Wildman–Crippen LogP) is 1.60. The zero-order valence-corrected chi connectivity index (χ0v) is 10.9. The summed E-state index contributed by atoms with van der Waals surface area (Å²) in [7, 11) is 1.57. The first-order chi connectivity index (χ1) is 9.22. The number of aryl methyl sites for hydroxylation is 1. The molecule has 0 aliphatic heterocycles. The van der Waals surface area contributed by atoms with Crippen molar-refractivity contribution in [1.82, 2.24) is 15.3 Å². The van der Waals surface area contributed by atoms with E-state index in [1.165, 1.54) is 0 Å². The predicted molar refractivity (Wildman–Crippen MR) is 70.8 cm³/mol. The Morgan fingerprint density at radius 3 is 2.95 bits per heavy atom. The molecule has 0 spiro atoms. The molecule has 2 aromatic heterocycles. The Morgan fingerprint density at radius 1 is 1.42 bits per heavy atom. The van der Waals surface area contributed by atoms with Gasteiger partial charge in [0.25, 0.3) is 5.91 Å². The Morgan fingerprint density at radius 2 is 2.26 bits per heavy atom. The lowest BCUT2D eigenvalue weighted by Crippen LogP contribution is -2.19. The number of hydrogen-bond donors (Lipinski definition) is 2. The van der Waals surface area contributed by atoms with Crippen LogP contribution in [0, 0.1) is 0 Å². The molecule has 2 rings (SSSR count). The third kappa shape index (κ3) is 3.31. The SMILES string of the molecule is CCc1cnc(CNc2ccnc(C(=O)NC)c2)o1. The number of carbonyl (C=O) groups excluding carboxylic acids is 1. The fourth-order valence-corrected chi connectivity index (χ4v) is 1.56. The summed E-state index contributed by atoms with van der Waals surface area (Å²) in [5.74, 6) is 1.26. The summed E-state index contributed by atoms with van der Waals surface area (Å²) < 4.78 is 5.48. The van der Waals surface area contributed by atoms with E-state index in [0.29, 0.717) is 18.1 Å². The lowest BCUT2D eigenvalue weighted by Gasteiger charge is -2.05. The van der Waals surface area contributed by atoms with Crippen LogP contribution in [0.3, 0.4) is 0 Å². The molecule has 0 saturated heterocycles. The molecule has 0 saturated carbocycles. The minimum atomic E-state index is -0.215. The Balaban J connectivity index is 2.01. The van der Waals surface area contributed by atoms with E-state index >= 15 is 0 Å². The van der Waals surface area contributed by atoms with Crippen molar-refractivity contribution in [2.45, 2.75) is 19.9 Å². The van der Waals surface area contributed by atoms with Gasteiger partial charge >= 0.3 is 0 Å². The third-order valence-electron chi connectivity index (χ3n) is 2.61. The van der Waals surface area contributed by atoms with Crippen molar-refractivity contribution < 1.29 is 9.21 Å². The minimum Gasteiger partial charge on any atom is -0.444 e. The molecule has 19 heavy (non-hydrogen) atoms. The van der Waals surface area contributed by atoms with Gasteiger partial charge in [-0.2, -0.15) is 0 Å². The number of rotatable bonds is 5. The highest BCUT2D eigenvalue weighted by Gasteiger charge is 2.06. The van der Waals surface area contributed by atoms with Crippen LogP contribution in [-0.4, -0.2) is 22.9 Å². The largest absolute Gasteiger partial charge is 0.444 e. The number of pyridine rings is 1. The second-order valence-electron chi connectivity index (χ2n) is 3.94. The van der Waals surface area contributed by atoms with E-state index in [1.54, 1.807) is 31.6 Å². The summed E-state index contributed by atoms with van der Waals surface area (Å²) in [4.78, 5) is 19.6. The normalized spacial score (nSPS) is 10.2. The van der Waals surface area contributed by atoms with E-state index in [1.807, 2.05) is 6.92 Å². The van der Waals surface area contributed by atoms with E-state index < -0.39 is 0 Å². The summed E-state index contributed by atoms with van der Waals surface area (Å²) >= 11 is 0. The van der Waals surface area contributed by atoms with Crippen LogP contribution in [0.5, 0.6) is 0 Å². The lowest BCUT2D eigenvalue weighted by molar-refractivity contribution is 0.0958. The molecule has 0 aliphatic carbocycles. The van der Waals surface area contributed by atoms with Crippen molar-refractivity contribution in [2.75, 3.05) is 12.4 Å². The number of oxazole rings is 1. The first-order valence-electron chi connectivity index (χ1n) is 6.08. The van der Waals surface area contributed by atoms with Crippen LogP contribution in [0.2, 0.25) is 0 Å². The van der Waals surface area contributed by atoms with Crippen LogP contribution < -0.4 is 10.6 Å². The molecule has 100 valence electrons.